The number of amides is 3. The summed E-state index contributed by atoms with van der Waals surface area (Å²) in [5, 5.41) is 2.98. The van der Waals surface area contributed by atoms with Crippen molar-refractivity contribution in [3.63, 3.8) is 0 Å². The summed E-state index contributed by atoms with van der Waals surface area (Å²) >= 11 is 0. The van der Waals surface area contributed by atoms with E-state index in [1.165, 1.54) is 0 Å². The number of fused-ring (bicyclic) bond motifs is 3. The van der Waals surface area contributed by atoms with Crippen LogP contribution in [0.15, 0.2) is 42.5 Å². The number of hydrogen-bond donors (Lipinski definition) is 1. The third-order valence-electron chi connectivity index (χ3n) is 6.74. The first-order chi connectivity index (χ1) is 15.7. The molecule has 1 spiro atoms. The van der Waals surface area contributed by atoms with Crippen LogP contribution >= 0.6 is 0 Å². The van der Waals surface area contributed by atoms with Crippen LogP contribution < -0.4 is 10.2 Å². The molecule has 7 heteroatoms. The van der Waals surface area contributed by atoms with Gasteiger partial charge in [-0.15, -0.1) is 0 Å². The Morgan fingerprint density at radius 1 is 1.09 bits per heavy atom. The standard InChI is InChI=1S/C26H29N3O4/c1-25(2,3)33-24(32)29-13-6-7-17-15-18(10-11-21(17)29)22(30)28-14-12-26(16-28)19-8-4-5-9-20(19)27-23(26)31/h4-5,8-11,15H,6-7,12-14,16H2,1-3H3,(H,27,31). The van der Waals surface area contributed by atoms with E-state index < -0.39 is 11.0 Å². The highest BCUT2D eigenvalue weighted by Crippen LogP contribution is 2.44. The molecule has 33 heavy (non-hydrogen) atoms. The maximum absolute atomic E-state index is 13.4. The van der Waals surface area contributed by atoms with E-state index in [2.05, 4.69) is 5.32 Å². The minimum atomic E-state index is -0.673. The molecule has 1 saturated heterocycles. The van der Waals surface area contributed by atoms with Gasteiger partial charge < -0.3 is 15.0 Å². The lowest BCUT2D eigenvalue weighted by atomic mass is 9.81. The number of para-hydroxylation sites is 1. The second-order valence-corrected chi connectivity index (χ2v) is 10.1. The molecule has 3 amide bonds. The Labute approximate surface area is 193 Å². The van der Waals surface area contributed by atoms with Crippen LogP contribution in [0.3, 0.4) is 0 Å². The van der Waals surface area contributed by atoms with Crippen molar-refractivity contribution in [1.29, 1.82) is 0 Å². The summed E-state index contributed by atoms with van der Waals surface area (Å²) in [5.41, 5.74) is 2.93. The Kier molecular flexibility index (Phi) is 4.96. The van der Waals surface area contributed by atoms with Gasteiger partial charge in [0, 0.05) is 30.9 Å². The molecule has 3 aliphatic rings. The fraction of sp³-hybridized carbons (Fsp3) is 0.423. The zero-order valence-corrected chi connectivity index (χ0v) is 19.3. The fourth-order valence-electron chi connectivity index (χ4n) is 5.18. The van der Waals surface area contributed by atoms with Gasteiger partial charge in [0.15, 0.2) is 0 Å². The number of rotatable bonds is 1. The smallest absolute Gasteiger partial charge is 0.414 e. The van der Waals surface area contributed by atoms with Crippen molar-refractivity contribution in [3.8, 4) is 0 Å². The van der Waals surface area contributed by atoms with Crippen molar-refractivity contribution in [2.75, 3.05) is 29.9 Å². The summed E-state index contributed by atoms with van der Waals surface area (Å²) in [6.45, 7) is 7.05. The molecule has 1 atom stereocenters. The monoisotopic (exact) mass is 447 g/mol. The highest BCUT2D eigenvalue weighted by atomic mass is 16.6. The van der Waals surface area contributed by atoms with Crippen LogP contribution in [0.25, 0.3) is 0 Å². The summed E-state index contributed by atoms with van der Waals surface area (Å²) in [6.07, 6.45) is 1.86. The first-order valence-electron chi connectivity index (χ1n) is 11.5. The number of hydrogen-bond acceptors (Lipinski definition) is 4. The number of carbonyl (C=O) groups is 3. The average molecular weight is 448 g/mol. The molecule has 0 aliphatic carbocycles. The predicted molar refractivity (Wildman–Crippen MR) is 126 cm³/mol. The van der Waals surface area contributed by atoms with Gasteiger partial charge >= 0.3 is 6.09 Å². The zero-order chi connectivity index (χ0) is 23.4. The minimum Gasteiger partial charge on any atom is -0.443 e. The number of ether oxygens (including phenoxy) is 1. The number of carbonyl (C=O) groups excluding carboxylic acids is 3. The highest BCUT2D eigenvalue weighted by Gasteiger charge is 2.52. The van der Waals surface area contributed by atoms with Crippen molar-refractivity contribution in [3.05, 3.63) is 59.2 Å². The van der Waals surface area contributed by atoms with Gasteiger partial charge in [0.2, 0.25) is 5.91 Å². The number of likely N-dealkylation sites (tertiary alicyclic amines) is 1. The Bertz CT molecular complexity index is 1150. The molecule has 3 heterocycles. The van der Waals surface area contributed by atoms with Gasteiger partial charge in [0.25, 0.3) is 5.91 Å². The summed E-state index contributed by atoms with van der Waals surface area (Å²) in [4.78, 5) is 42.3. The lowest BCUT2D eigenvalue weighted by molar-refractivity contribution is -0.120. The molecule has 3 aliphatic heterocycles. The van der Waals surface area contributed by atoms with Crippen LogP contribution in [0.4, 0.5) is 16.2 Å². The van der Waals surface area contributed by atoms with Gasteiger partial charge in [0.1, 0.15) is 5.60 Å². The summed E-state index contributed by atoms with van der Waals surface area (Å²) < 4.78 is 5.56. The van der Waals surface area contributed by atoms with E-state index in [4.69, 9.17) is 4.74 Å². The molecule has 0 aromatic heterocycles. The molecule has 1 N–H and O–H groups in total. The first kappa shape index (κ1) is 21.5. The lowest BCUT2D eigenvalue weighted by Crippen LogP contribution is -2.40. The van der Waals surface area contributed by atoms with Gasteiger partial charge in [0.05, 0.1) is 11.1 Å². The molecule has 172 valence electrons. The van der Waals surface area contributed by atoms with Crippen LogP contribution in [0.1, 0.15) is 55.1 Å². The molecular weight excluding hydrogens is 418 g/mol. The molecule has 0 bridgehead atoms. The van der Waals surface area contributed by atoms with Gasteiger partial charge in [-0.1, -0.05) is 18.2 Å². The van der Waals surface area contributed by atoms with E-state index >= 15 is 0 Å². The minimum absolute atomic E-state index is 0.0301. The van der Waals surface area contributed by atoms with Crippen LogP contribution in [0.5, 0.6) is 0 Å². The van der Waals surface area contributed by atoms with Crippen LogP contribution in [-0.4, -0.2) is 48.0 Å². The van der Waals surface area contributed by atoms with Crippen molar-refractivity contribution in [2.24, 2.45) is 0 Å². The van der Waals surface area contributed by atoms with E-state index in [0.717, 1.165) is 35.3 Å². The van der Waals surface area contributed by atoms with Gasteiger partial charge in [-0.3, -0.25) is 14.5 Å². The van der Waals surface area contributed by atoms with Gasteiger partial charge in [-0.2, -0.15) is 0 Å². The summed E-state index contributed by atoms with van der Waals surface area (Å²) in [5.74, 6) is -0.112. The SMILES string of the molecule is CC(C)(C)OC(=O)N1CCCc2cc(C(=O)N3CCC4(C3)C(=O)Nc3ccccc34)ccc21. The number of aryl methyl sites for hydroxylation is 1. The van der Waals surface area contributed by atoms with E-state index in [-0.39, 0.29) is 17.9 Å². The summed E-state index contributed by atoms with van der Waals surface area (Å²) in [7, 11) is 0. The molecule has 1 unspecified atom stereocenters. The molecule has 0 radical (unpaired) electrons. The Balaban J connectivity index is 1.37. The maximum Gasteiger partial charge on any atom is 0.414 e. The number of anilines is 2. The number of nitrogens with zero attached hydrogens (tertiary/aromatic N) is 2. The van der Waals surface area contributed by atoms with E-state index in [9.17, 15) is 14.4 Å². The van der Waals surface area contributed by atoms with Crippen molar-refractivity contribution in [2.45, 2.75) is 51.0 Å². The topological polar surface area (TPSA) is 79.0 Å². The largest absolute Gasteiger partial charge is 0.443 e. The van der Waals surface area contributed by atoms with Crippen molar-refractivity contribution in [1.82, 2.24) is 4.90 Å². The van der Waals surface area contributed by atoms with Crippen LogP contribution in [0, 0.1) is 0 Å². The van der Waals surface area contributed by atoms with Crippen molar-refractivity contribution >= 4 is 29.3 Å². The zero-order valence-electron chi connectivity index (χ0n) is 19.3. The maximum atomic E-state index is 13.4. The third kappa shape index (κ3) is 3.65. The van der Waals surface area contributed by atoms with Gasteiger partial charge in [-0.25, -0.2) is 4.79 Å². The number of benzene rings is 2. The quantitative estimate of drug-likeness (QED) is 0.714. The summed E-state index contributed by atoms with van der Waals surface area (Å²) in [6, 6.07) is 13.2. The van der Waals surface area contributed by atoms with E-state index in [0.29, 0.717) is 31.6 Å². The van der Waals surface area contributed by atoms with Crippen LogP contribution in [-0.2, 0) is 21.4 Å². The highest BCUT2D eigenvalue weighted by molar-refractivity contribution is 6.07. The Morgan fingerprint density at radius 3 is 2.67 bits per heavy atom. The first-order valence-corrected chi connectivity index (χ1v) is 11.5. The molecule has 1 fully saturated rings. The second kappa shape index (κ2) is 7.61. The average Bonchev–Trinajstić information content (AvgIpc) is 3.34. The Hall–Kier alpha value is -3.35. The normalized spacial score (nSPS) is 21.6. The molecule has 5 rings (SSSR count). The Morgan fingerprint density at radius 2 is 1.88 bits per heavy atom. The molecule has 0 saturated carbocycles. The van der Waals surface area contributed by atoms with E-state index in [1.54, 1.807) is 15.9 Å². The molecule has 7 nitrogen and oxygen atoms in total. The van der Waals surface area contributed by atoms with Crippen LogP contribution in [0.2, 0.25) is 0 Å². The number of nitrogens with one attached hydrogen (secondary N) is 1. The van der Waals surface area contributed by atoms with Gasteiger partial charge in [-0.05, 0) is 75.4 Å². The predicted octanol–water partition coefficient (Wildman–Crippen LogP) is 4.11. The second-order valence-electron chi connectivity index (χ2n) is 10.1. The molecule has 2 aromatic rings. The molecule has 2 aromatic carbocycles. The van der Waals surface area contributed by atoms with Crippen molar-refractivity contribution < 1.29 is 19.1 Å². The molecular formula is C26H29N3O4. The lowest BCUT2D eigenvalue weighted by Gasteiger charge is -2.32. The fourth-order valence-corrected chi connectivity index (χ4v) is 5.18. The third-order valence-corrected chi connectivity index (χ3v) is 6.74. The van der Waals surface area contributed by atoms with E-state index in [1.807, 2.05) is 57.2 Å².